The zero-order valence-corrected chi connectivity index (χ0v) is 22.4. The standard InChI is InChI=1S/C30H33F3N6/c1-4-38(26-16-17-37(20-26)19-23-12-6-5-7-13-23)28(24-14-9-15-25(18-24)30(31,32)33)29-34-35-36-39(29)27-21(2)10-8-11-22(27)3/h5-15,18,26,28H,4,16-17,19-20H2,1-3H3/t26?,28-/m0/s1. The number of benzene rings is 3. The number of para-hydroxylation sites is 1. The van der Waals surface area contributed by atoms with E-state index < -0.39 is 17.8 Å². The maximum absolute atomic E-state index is 13.8. The van der Waals surface area contributed by atoms with E-state index in [1.54, 1.807) is 10.7 Å². The summed E-state index contributed by atoms with van der Waals surface area (Å²) in [6.45, 7) is 9.21. The Hall–Kier alpha value is -3.56. The van der Waals surface area contributed by atoms with Crippen molar-refractivity contribution in [3.8, 4) is 5.69 Å². The van der Waals surface area contributed by atoms with Crippen LogP contribution in [-0.4, -0.2) is 55.7 Å². The minimum atomic E-state index is -4.45. The van der Waals surface area contributed by atoms with E-state index in [1.807, 2.05) is 57.2 Å². The third-order valence-corrected chi connectivity index (χ3v) is 7.58. The van der Waals surface area contributed by atoms with Crippen molar-refractivity contribution in [3.05, 3.63) is 106 Å². The molecule has 1 aliphatic heterocycles. The number of alkyl halides is 3. The van der Waals surface area contributed by atoms with Gasteiger partial charge in [0.15, 0.2) is 5.82 Å². The maximum atomic E-state index is 13.8. The van der Waals surface area contributed by atoms with Crippen molar-refractivity contribution in [2.24, 2.45) is 0 Å². The lowest BCUT2D eigenvalue weighted by Gasteiger charge is -2.35. The molecule has 1 unspecified atom stereocenters. The van der Waals surface area contributed by atoms with Gasteiger partial charge >= 0.3 is 6.18 Å². The van der Waals surface area contributed by atoms with Gasteiger partial charge in [-0.2, -0.15) is 17.9 Å². The average molecular weight is 535 g/mol. The number of hydrogen-bond donors (Lipinski definition) is 0. The van der Waals surface area contributed by atoms with Gasteiger partial charge < -0.3 is 0 Å². The molecule has 1 saturated heterocycles. The molecule has 1 aromatic heterocycles. The lowest BCUT2D eigenvalue weighted by atomic mass is 9.99. The van der Waals surface area contributed by atoms with Gasteiger partial charge in [-0.3, -0.25) is 9.80 Å². The van der Waals surface area contributed by atoms with E-state index in [9.17, 15) is 13.2 Å². The van der Waals surface area contributed by atoms with Gasteiger partial charge in [-0.25, -0.2) is 0 Å². The van der Waals surface area contributed by atoms with Crippen molar-refractivity contribution < 1.29 is 13.2 Å². The van der Waals surface area contributed by atoms with Crippen LogP contribution >= 0.6 is 0 Å². The van der Waals surface area contributed by atoms with Crippen LogP contribution in [0.5, 0.6) is 0 Å². The molecular weight excluding hydrogens is 501 g/mol. The van der Waals surface area contributed by atoms with Gasteiger partial charge in [-0.15, -0.1) is 5.10 Å². The topological polar surface area (TPSA) is 50.1 Å². The molecule has 1 aliphatic rings. The first-order chi connectivity index (χ1) is 18.8. The summed E-state index contributed by atoms with van der Waals surface area (Å²) >= 11 is 0. The molecule has 3 aromatic carbocycles. The van der Waals surface area contributed by atoms with Gasteiger partial charge in [0.25, 0.3) is 0 Å². The lowest BCUT2D eigenvalue weighted by Crippen LogP contribution is -2.41. The number of likely N-dealkylation sites (tertiary alicyclic amines) is 1. The van der Waals surface area contributed by atoms with E-state index in [2.05, 4.69) is 37.5 Å². The van der Waals surface area contributed by atoms with Crippen LogP contribution in [0.2, 0.25) is 0 Å². The molecule has 4 aromatic rings. The van der Waals surface area contributed by atoms with Crippen molar-refractivity contribution in [1.29, 1.82) is 0 Å². The third-order valence-electron chi connectivity index (χ3n) is 7.58. The van der Waals surface area contributed by atoms with Crippen LogP contribution < -0.4 is 0 Å². The molecule has 39 heavy (non-hydrogen) atoms. The summed E-state index contributed by atoms with van der Waals surface area (Å²) in [4.78, 5) is 4.66. The van der Waals surface area contributed by atoms with Gasteiger partial charge in [0.1, 0.15) is 0 Å². The Morgan fingerprint density at radius 3 is 2.38 bits per heavy atom. The summed E-state index contributed by atoms with van der Waals surface area (Å²) < 4.78 is 43.1. The highest BCUT2D eigenvalue weighted by Crippen LogP contribution is 2.37. The quantitative estimate of drug-likeness (QED) is 0.278. The summed E-state index contributed by atoms with van der Waals surface area (Å²) in [7, 11) is 0. The minimum absolute atomic E-state index is 0.126. The summed E-state index contributed by atoms with van der Waals surface area (Å²) in [6, 6.07) is 21.4. The molecule has 1 fully saturated rings. The summed E-state index contributed by atoms with van der Waals surface area (Å²) in [6.07, 6.45) is -3.54. The number of aryl methyl sites for hydroxylation is 2. The maximum Gasteiger partial charge on any atom is 0.416 e. The number of nitrogens with zero attached hydrogens (tertiary/aromatic N) is 6. The Bertz CT molecular complexity index is 1380. The predicted molar refractivity (Wildman–Crippen MR) is 144 cm³/mol. The molecule has 0 saturated carbocycles. The molecule has 0 N–H and O–H groups in total. The van der Waals surface area contributed by atoms with Crippen LogP contribution in [-0.2, 0) is 12.7 Å². The van der Waals surface area contributed by atoms with Crippen molar-refractivity contribution in [3.63, 3.8) is 0 Å². The van der Waals surface area contributed by atoms with Crippen molar-refractivity contribution in [2.75, 3.05) is 19.6 Å². The fraction of sp³-hybridized carbons (Fsp3) is 0.367. The summed E-state index contributed by atoms with van der Waals surface area (Å²) in [5.74, 6) is 0.509. The summed E-state index contributed by atoms with van der Waals surface area (Å²) in [5.41, 5.74) is 3.92. The number of halogens is 3. The number of aromatic nitrogens is 4. The first kappa shape index (κ1) is 27.0. The van der Waals surface area contributed by atoms with Gasteiger partial charge in [0.05, 0.1) is 17.3 Å². The average Bonchev–Trinajstić information content (AvgIpc) is 3.57. The molecule has 0 radical (unpaired) electrons. The number of rotatable bonds is 8. The second-order valence-corrected chi connectivity index (χ2v) is 10.2. The number of likely N-dealkylation sites (N-methyl/N-ethyl adjacent to an activating group) is 1. The van der Waals surface area contributed by atoms with Crippen LogP contribution in [0.15, 0.2) is 72.8 Å². The van der Waals surface area contributed by atoms with Gasteiger partial charge in [0.2, 0.25) is 0 Å². The first-order valence-electron chi connectivity index (χ1n) is 13.3. The molecule has 5 rings (SSSR count). The third kappa shape index (κ3) is 5.74. The molecular formula is C30H33F3N6. The van der Waals surface area contributed by atoms with E-state index in [0.29, 0.717) is 17.9 Å². The second kappa shape index (κ2) is 11.3. The largest absolute Gasteiger partial charge is 0.416 e. The highest BCUT2D eigenvalue weighted by Gasteiger charge is 2.38. The molecule has 0 amide bonds. The van der Waals surface area contributed by atoms with Crippen LogP contribution in [0.1, 0.15) is 53.0 Å². The van der Waals surface area contributed by atoms with E-state index in [-0.39, 0.29) is 6.04 Å². The van der Waals surface area contributed by atoms with Crippen LogP contribution in [0.3, 0.4) is 0 Å². The Kier molecular flexibility index (Phi) is 7.81. The van der Waals surface area contributed by atoms with E-state index in [0.717, 1.165) is 48.9 Å². The van der Waals surface area contributed by atoms with Gasteiger partial charge in [-0.05, 0) is 71.6 Å². The van der Waals surface area contributed by atoms with E-state index in [4.69, 9.17) is 0 Å². The van der Waals surface area contributed by atoms with Gasteiger partial charge in [0, 0.05) is 25.7 Å². The first-order valence-corrected chi connectivity index (χ1v) is 13.3. The number of tetrazole rings is 1. The zero-order valence-electron chi connectivity index (χ0n) is 22.4. The molecule has 6 nitrogen and oxygen atoms in total. The summed E-state index contributed by atoms with van der Waals surface area (Å²) in [5, 5.41) is 12.8. The highest BCUT2D eigenvalue weighted by molar-refractivity contribution is 5.47. The van der Waals surface area contributed by atoms with Crippen molar-refractivity contribution in [1.82, 2.24) is 30.0 Å². The molecule has 204 valence electrons. The second-order valence-electron chi connectivity index (χ2n) is 10.2. The fourth-order valence-corrected chi connectivity index (χ4v) is 5.76. The Morgan fingerprint density at radius 2 is 1.69 bits per heavy atom. The smallest absolute Gasteiger partial charge is 0.297 e. The Labute approximate surface area is 227 Å². The van der Waals surface area contributed by atoms with Crippen LogP contribution in [0.25, 0.3) is 5.69 Å². The SMILES string of the molecule is CCN(C1CCN(Cc2ccccc2)C1)[C@@H](c1cccc(C(F)(F)F)c1)c1nnnn1-c1c(C)cccc1C. The molecule has 0 aliphatic carbocycles. The Balaban J connectivity index is 1.56. The van der Waals surface area contributed by atoms with Gasteiger partial charge in [-0.1, -0.05) is 67.6 Å². The molecule has 2 atom stereocenters. The van der Waals surface area contributed by atoms with E-state index >= 15 is 0 Å². The zero-order chi connectivity index (χ0) is 27.6. The van der Waals surface area contributed by atoms with Crippen molar-refractivity contribution in [2.45, 2.75) is 52.0 Å². The van der Waals surface area contributed by atoms with E-state index in [1.165, 1.54) is 17.7 Å². The fourth-order valence-electron chi connectivity index (χ4n) is 5.76. The monoisotopic (exact) mass is 534 g/mol. The predicted octanol–water partition coefficient (Wildman–Crippen LogP) is 5.98. The lowest BCUT2D eigenvalue weighted by molar-refractivity contribution is -0.137. The van der Waals surface area contributed by atoms with Crippen LogP contribution in [0.4, 0.5) is 13.2 Å². The minimum Gasteiger partial charge on any atom is -0.297 e. The van der Waals surface area contributed by atoms with Crippen LogP contribution in [0, 0.1) is 13.8 Å². The van der Waals surface area contributed by atoms with Crippen molar-refractivity contribution >= 4 is 0 Å². The Morgan fingerprint density at radius 1 is 0.974 bits per heavy atom. The molecule has 0 bridgehead atoms. The normalized spacial score (nSPS) is 17.2. The molecule has 9 heteroatoms. The highest BCUT2D eigenvalue weighted by atomic mass is 19.4. The molecule has 2 heterocycles. The number of hydrogen-bond acceptors (Lipinski definition) is 5. The molecule has 0 spiro atoms.